The predicted octanol–water partition coefficient (Wildman–Crippen LogP) is 4.22. The summed E-state index contributed by atoms with van der Waals surface area (Å²) >= 11 is 0. The second-order valence-corrected chi connectivity index (χ2v) is 5.35. The molecule has 6 heteroatoms. The molecule has 0 unspecified atom stereocenters. The first-order valence-corrected chi connectivity index (χ1v) is 7.62. The first kappa shape index (κ1) is 16.6. The van der Waals surface area contributed by atoms with Crippen LogP contribution in [0, 0.1) is 11.6 Å². The number of benzene rings is 2. The number of hydrogen-bond acceptors (Lipinski definition) is 3. The number of rotatable bonds is 5. The molecule has 0 fully saturated rings. The van der Waals surface area contributed by atoms with Gasteiger partial charge in [0.2, 0.25) is 0 Å². The third-order valence-electron chi connectivity index (χ3n) is 3.53. The minimum Gasteiger partial charge on any atom is -0.380 e. The van der Waals surface area contributed by atoms with E-state index >= 15 is 0 Å². The van der Waals surface area contributed by atoms with E-state index in [1.807, 2.05) is 0 Å². The Hall–Kier alpha value is -3.28. The van der Waals surface area contributed by atoms with Gasteiger partial charge >= 0.3 is 0 Å². The van der Waals surface area contributed by atoms with Crippen LogP contribution in [-0.4, -0.2) is 10.9 Å². The smallest absolute Gasteiger partial charge is 0.259 e. The summed E-state index contributed by atoms with van der Waals surface area (Å²) < 4.78 is 26.4. The van der Waals surface area contributed by atoms with Crippen LogP contribution in [0.4, 0.5) is 20.3 Å². The van der Waals surface area contributed by atoms with Crippen molar-refractivity contribution in [3.05, 3.63) is 89.6 Å². The number of aromatic nitrogens is 1. The maximum absolute atomic E-state index is 13.6. The zero-order valence-corrected chi connectivity index (χ0v) is 13.2. The van der Waals surface area contributed by atoms with Gasteiger partial charge in [0.25, 0.3) is 5.91 Å². The lowest BCUT2D eigenvalue weighted by Crippen LogP contribution is -2.14. The highest BCUT2D eigenvalue weighted by Gasteiger charge is 2.11. The fourth-order valence-electron chi connectivity index (χ4n) is 2.21. The maximum atomic E-state index is 13.6. The zero-order valence-electron chi connectivity index (χ0n) is 13.2. The molecule has 4 nitrogen and oxygen atoms in total. The molecule has 1 amide bonds. The summed E-state index contributed by atoms with van der Waals surface area (Å²) in [7, 11) is 0. The molecule has 2 aromatic carbocycles. The van der Waals surface area contributed by atoms with Gasteiger partial charge < -0.3 is 10.6 Å². The Kier molecular flexibility index (Phi) is 4.99. The van der Waals surface area contributed by atoms with Gasteiger partial charge in [0.1, 0.15) is 17.5 Å². The second-order valence-electron chi connectivity index (χ2n) is 5.35. The molecule has 0 spiro atoms. The summed E-state index contributed by atoms with van der Waals surface area (Å²) in [6.45, 7) is 0.517. The molecule has 3 aromatic rings. The summed E-state index contributed by atoms with van der Waals surface area (Å²) in [4.78, 5) is 16.1. The minimum atomic E-state index is -0.586. The van der Waals surface area contributed by atoms with Crippen LogP contribution in [-0.2, 0) is 6.54 Å². The Morgan fingerprint density at radius 3 is 2.40 bits per heavy atom. The Bertz CT molecular complexity index is 865. The third kappa shape index (κ3) is 4.38. The number of nitrogens with one attached hydrogen (secondary N) is 2. The van der Waals surface area contributed by atoms with E-state index in [1.165, 1.54) is 30.3 Å². The Labute approximate surface area is 143 Å². The average Bonchev–Trinajstić information content (AvgIpc) is 2.63. The summed E-state index contributed by atoms with van der Waals surface area (Å²) in [6, 6.07) is 15.3. The largest absolute Gasteiger partial charge is 0.380 e. The Morgan fingerprint density at radius 1 is 0.960 bits per heavy atom. The molecule has 25 heavy (non-hydrogen) atoms. The topological polar surface area (TPSA) is 54.0 Å². The third-order valence-corrected chi connectivity index (χ3v) is 3.53. The van der Waals surface area contributed by atoms with E-state index in [4.69, 9.17) is 0 Å². The first-order chi connectivity index (χ1) is 12.1. The van der Waals surface area contributed by atoms with Crippen molar-refractivity contribution in [1.82, 2.24) is 4.98 Å². The van der Waals surface area contributed by atoms with Gasteiger partial charge in [-0.15, -0.1) is 0 Å². The van der Waals surface area contributed by atoms with Crippen LogP contribution in [0.2, 0.25) is 0 Å². The number of hydrogen-bond donors (Lipinski definition) is 2. The van der Waals surface area contributed by atoms with Crippen molar-refractivity contribution >= 4 is 17.4 Å². The normalized spacial score (nSPS) is 10.3. The van der Waals surface area contributed by atoms with E-state index in [2.05, 4.69) is 15.6 Å². The molecule has 3 rings (SSSR count). The van der Waals surface area contributed by atoms with Gasteiger partial charge in [-0.25, -0.2) is 13.8 Å². The van der Waals surface area contributed by atoms with Crippen molar-refractivity contribution in [2.45, 2.75) is 6.54 Å². The summed E-state index contributed by atoms with van der Waals surface area (Å²) in [5, 5.41) is 5.69. The number of pyridine rings is 1. The molecule has 126 valence electrons. The summed E-state index contributed by atoms with van der Waals surface area (Å²) in [5.41, 5.74) is 1.63. The SMILES string of the molecule is O=C(Nc1ccc(NCc2ccc(F)cc2)cn1)c1ccccc1F. The number of halogens is 2. The molecule has 1 heterocycles. The fraction of sp³-hybridized carbons (Fsp3) is 0.0526. The van der Waals surface area contributed by atoms with Crippen LogP contribution in [0.25, 0.3) is 0 Å². The Balaban J connectivity index is 1.59. The highest BCUT2D eigenvalue weighted by molar-refractivity contribution is 6.03. The van der Waals surface area contributed by atoms with Crippen molar-refractivity contribution in [3.8, 4) is 0 Å². The van der Waals surface area contributed by atoms with Crippen molar-refractivity contribution in [2.75, 3.05) is 10.6 Å². The van der Waals surface area contributed by atoms with Crippen LogP contribution in [0.5, 0.6) is 0 Å². The van der Waals surface area contributed by atoms with Gasteiger partial charge in [-0.3, -0.25) is 4.79 Å². The van der Waals surface area contributed by atoms with Gasteiger partial charge in [0.15, 0.2) is 0 Å². The van der Waals surface area contributed by atoms with Crippen LogP contribution in [0.15, 0.2) is 66.9 Å². The second kappa shape index (κ2) is 7.53. The molecule has 2 N–H and O–H groups in total. The maximum Gasteiger partial charge on any atom is 0.259 e. The highest BCUT2D eigenvalue weighted by Crippen LogP contribution is 2.14. The van der Waals surface area contributed by atoms with Crippen LogP contribution in [0.3, 0.4) is 0 Å². The van der Waals surface area contributed by atoms with Crippen LogP contribution >= 0.6 is 0 Å². The van der Waals surface area contributed by atoms with Crippen LogP contribution in [0.1, 0.15) is 15.9 Å². The van der Waals surface area contributed by atoms with E-state index in [1.54, 1.807) is 36.5 Å². The van der Waals surface area contributed by atoms with Crippen molar-refractivity contribution in [2.24, 2.45) is 0 Å². The molecule has 0 aliphatic carbocycles. The van der Waals surface area contributed by atoms with E-state index in [0.29, 0.717) is 12.4 Å². The molecular formula is C19H15F2N3O. The van der Waals surface area contributed by atoms with Gasteiger partial charge in [0.05, 0.1) is 17.4 Å². The molecule has 0 saturated heterocycles. The van der Waals surface area contributed by atoms with Gasteiger partial charge in [0, 0.05) is 6.54 Å². The summed E-state index contributed by atoms with van der Waals surface area (Å²) in [6.07, 6.45) is 1.56. The van der Waals surface area contributed by atoms with Crippen LogP contribution < -0.4 is 10.6 Å². The zero-order chi connectivity index (χ0) is 17.6. The lowest BCUT2D eigenvalue weighted by atomic mass is 10.2. The molecule has 0 aliphatic heterocycles. The lowest BCUT2D eigenvalue weighted by Gasteiger charge is -2.08. The van der Waals surface area contributed by atoms with E-state index in [-0.39, 0.29) is 11.4 Å². The standard InChI is InChI=1S/C19H15F2N3O/c20-14-7-5-13(6-8-14)11-22-15-9-10-18(23-12-15)24-19(25)16-3-1-2-4-17(16)21/h1-10,12,22H,11H2,(H,23,24,25). The van der Waals surface area contributed by atoms with Gasteiger partial charge in [-0.05, 0) is 42.0 Å². The molecule has 0 radical (unpaired) electrons. The van der Waals surface area contributed by atoms with E-state index in [9.17, 15) is 13.6 Å². The molecule has 0 saturated carbocycles. The quantitative estimate of drug-likeness (QED) is 0.732. The average molecular weight is 339 g/mol. The van der Waals surface area contributed by atoms with Crippen molar-refractivity contribution < 1.29 is 13.6 Å². The minimum absolute atomic E-state index is 0.0391. The molecule has 0 atom stereocenters. The Morgan fingerprint density at radius 2 is 1.72 bits per heavy atom. The summed E-state index contributed by atoms with van der Waals surface area (Å²) in [5.74, 6) is -1.10. The molecule has 0 aliphatic rings. The number of anilines is 2. The predicted molar refractivity (Wildman–Crippen MR) is 92.3 cm³/mol. The molecular weight excluding hydrogens is 324 g/mol. The number of amides is 1. The lowest BCUT2D eigenvalue weighted by molar-refractivity contribution is 0.102. The highest BCUT2D eigenvalue weighted by atomic mass is 19.1. The van der Waals surface area contributed by atoms with E-state index in [0.717, 1.165) is 11.3 Å². The molecule has 0 bridgehead atoms. The number of carbonyl (C=O) groups is 1. The first-order valence-electron chi connectivity index (χ1n) is 7.62. The number of nitrogens with zero attached hydrogens (tertiary/aromatic N) is 1. The van der Waals surface area contributed by atoms with Gasteiger partial charge in [-0.2, -0.15) is 0 Å². The monoisotopic (exact) mass is 339 g/mol. The fourth-order valence-corrected chi connectivity index (χ4v) is 2.21. The van der Waals surface area contributed by atoms with Gasteiger partial charge in [-0.1, -0.05) is 24.3 Å². The molecule has 1 aromatic heterocycles. The number of carbonyl (C=O) groups excluding carboxylic acids is 1. The van der Waals surface area contributed by atoms with Crippen molar-refractivity contribution in [3.63, 3.8) is 0 Å². The van der Waals surface area contributed by atoms with E-state index < -0.39 is 11.7 Å². The van der Waals surface area contributed by atoms with Crippen molar-refractivity contribution in [1.29, 1.82) is 0 Å².